The monoisotopic (exact) mass is 410 g/mol. The number of hydrogen-bond donors (Lipinski definition) is 2. The van der Waals surface area contributed by atoms with Crippen LogP contribution in [0.2, 0.25) is 5.02 Å². The van der Waals surface area contributed by atoms with E-state index in [4.69, 9.17) is 11.6 Å². The number of amides is 2. The van der Waals surface area contributed by atoms with Gasteiger partial charge in [0.15, 0.2) is 0 Å². The molecule has 1 aromatic heterocycles. The quantitative estimate of drug-likeness (QED) is 0.623. The number of halogens is 1. The topological polar surface area (TPSA) is 76.0 Å². The molecule has 2 aromatic carbocycles. The van der Waals surface area contributed by atoms with Crippen molar-refractivity contribution in [3.05, 3.63) is 82.6 Å². The maximum atomic E-state index is 12.5. The molecule has 0 aliphatic rings. The Hall–Kier alpha value is -3.12. The number of carbonyl (C=O) groups is 2. The summed E-state index contributed by atoms with van der Waals surface area (Å²) < 4.78 is 1.73. The molecule has 150 valence electrons. The summed E-state index contributed by atoms with van der Waals surface area (Å²) >= 11 is 5.91. The van der Waals surface area contributed by atoms with Crippen LogP contribution >= 0.6 is 11.6 Å². The maximum Gasteiger partial charge on any atom is 0.222 e. The third-order valence-electron chi connectivity index (χ3n) is 4.46. The first-order valence-corrected chi connectivity index (χ1v) is 9.68. The largest absolute Gasteiger partial charge is 0.352 e. The smallest absolute Gasteiger partial charge is 0.222 e. The molecule has 0 saturated carbocycles. The van der Waals surface area contributed by atoms with Gasteiger partial charge in [-0.2, -0.15) is 5.10 Å². The lowest BCUT2D eigenvalue weighted by Gasteiger charge is -2.18. The average Bonchev–Trinajstić information content (AvgIpc) is 3.16. The zero-order valence-corrected chi connectivity index (χ0v) is 17.1. The Morgan fingerprint density at radius 2 is 1.79 bits per heavy atom. The van der Waals surface area contributed by atoms with E-state index in [0.29, 0.717) is 11.6 Å². The predicted molar refractivity (Wildman–Crippen MR) is 113 cm³/mol. The predicted octanol–water partition coefficient (Wildman–Crippen LogP) is 3.72. The van der Waals surface area contributed by atoms with Crippen LogP contribution in [0.5, 0.6) is 0 Å². The van der Waals surface area contributed by atoms with Crippen molar-refractivity contribution in [2.75, 3.05) is 0 Å². The lowest BCUT2D eigenvalue weighted by Crippen LogP contribution is -2.32. The highest BCUT2D eigenvalue weighted by molar-refractivity contribution is 6.30. The SMILES string of the molecule is CC(=O)NC(CC(=O)NCc1cnn(-c2ccc(Cl)cc2)c1)c1ccc(C)cc1. The van der Waals surface area contributed by atoms with Crippen molar-refractivity contribution >= 4 is 23.4 Å². The van der Waals surface area contributed by atoms with E-state index in [1.807, 2.05) is 49.5 Å². The standard InChI is InChI=1S/C22H23ClN4O2/c1-15-3-5-18(6-4-15)21(26-16(2)28)11-22(29)24-12-17-13-25-27(14-17)20-9-7-19(23)8-10-20/h3-10,13-14,21H,11-12H2,1-2H3,(H,24,29)(H,26,28). The fourth-order valence-corrected chi connectivity index (χ4v) is 3.07. The fourth-order valence-electron chi connectivity index (χ4n) is 2.94. The highest BCUT2D eigenvalue weighted by Crippen LogP contribution is 2.18. The van der Waals surface area contributed by atoms with Crippen LogP contribution in [0.1, 0.15) is 36.1 Å². The molecule has 0 spiro atoms. The second-order valence-corrected chi connectivity index (χ2v) is 7.35. The lowest BCUT2D eigenvalue weighted by atomic mass is 10.0. The molecule has 2 N–H and O–H groups in total. The summed E-state index contributed by atoms with van der Waals surface area (Å²) in [5, 5.41) is 10.7. The van der Waals surface area contributed by atoms with Crippen LogP contribution in [0, 0.1) is 6.92 Å². The number of benzene rings is 2. The Labute approximate surface area is 174 Å². The molecular weight excluding hydrogens is 388 g/mol. The Morgan fingerprint density at radius 3 is 2.45 bits per heavy atom. The second kappa shape index (κ2) is 9.39. The molecule has 29 heavy (non-hydrogen) atoms. The van der Waals surface area contributed by atoms with Crippen molar-refractivity contribution in [3.63, 3.8) is 0 Å². The van der Waals surface area contributed by atoms with E-state index in [1.165, 1.54) is 6.92 Å². The summed E-state index contributed by atoms with van der Waals surface area (Å²) in [6, 6.07) is 14.8. The van der Waals surface area contributed by atoms with Gasteiger partial charge in [-0.25, -0.2) is 4.68 Å². The van der Waals surface area contributed by atoms with Crippen LogP contribution in [0.3, 0.4) is 0 Å². The van der Waals surface area contributed by atoms with Gasteiger partial charge in [0, 0.05) is 30.3 Å². The summed E-state index contributed by atoms with van der Waals surface area (Å²) in [5.41, 5.74) is 3.78. The number of nitrogens with one attached hydrogen (secondary N) is 2. The van der Waals surface area contributed by atoms with Crippen LogP contribution in [0.25, 0.3) is 5.69 Å². The third kappa shape index (κ3) is 5.93. The number of aryl methyl sites for hydroxylation is 1. The van der Waals surface area contributed by atoms with Crippen molar-refractivity contribution in [2.24, 2.45) is 0 Å². The van der Waals surface area contributed by atoms with E-state index >= 15 is 0 Å². The van der Waals surface area contributed by atoms with Crippen molar-refractivity contribution in [2.45, 2.75) is 32.9 Å². The molecule has 1 unspecified atom stereocenters. The van der Waals surface area contributed by atoms with Gasteiger partial charge >= 0.3 is 0 Å². The highest BCUT2D eigenvalue weighted by atomic mass is 35.5. The molecule has 3 rings (SSSR count). The summed E-state index contributed by atoms with van der Waals surface area (Å²) in [5.74, 6) is -0.323. The molecular formula is C22H23ClN4O2. The molecule has 0 aliphatic carbocycles. The Balaban J connectivity index is 1.59. The van der Waals surface area contributed by atoms with Crippen molar-refractivity contribution in [3.8, 4) is 5.69 Å². The molecule has 1 heterocycles. The molecule has 3 aromatic rings. The zero-order chi connectivity index (χ0) is 20.8. The minimum Gasteiger partial charge on any atom is -0.352 e. The van der Waals surface area contributed by atoms with Crippen molar-refractivity contribution in [1.82, 2.24) is 20.4 Å². The minimum atomic E-state index is -0.370. The van der Waals surface area contributed by atoms with Crippen LogP contribution in [-0.2, 0) is 16.1 Å². The van der Waals surface area contributed by atoms with Crippen LogP contribution in [0.15, 0.2) is 60.9 Å². The summed E-state index contributed by atoms with van der Waals surface area (Å²) in [7, 11) is 0. The Kier molecular flexibility index (Phi) is 6.67. The van der Waals surface area contributed by atoms with Gasteiger partial charge in [-0.05, 0) is 36.8 Å². The Morgan fingerprint density at radius 1 is 1.10 bits per heavy atom. The molecule has 2 amide bonds. The highest BCUT2D eigenvalue weighted by Gasteiger charge is 2.17. The molecule has 7 heteroatoms. The third-order valence-corrected chi connectivity index (χ3v) is 4.72. The summed E-state index contributed by atoms with van der Waals surface area (Å²) in [6.07, 6.45) is 3.73. The van der Waals surface area contributed by atoms with Gasteiger partial charge in [0.25, 0.3) is 0 Å². The normalized spacial score (nSPS) is 11.7. The molecule has 0 saturated heterocycles. The number of aromatic nitrogens is 2. The molecule has 0 aliphatic heterocycles. The number of rotatable bonds is 7. The molecule has 1 atom stereocenters. The van der Waals surface area contributed by atoms with Gasteiger partial charge in [-0.3, -0.25) is 9.59 Å². The van der Waals surface area contributed by atoms with Gasteiger partial charge in [0.1, 0.15) is 0 Å². The number of hydrogen-bond acceptors (Lipinski definition) is 3. The fraction of sp³-hybridized carbons (Fsp3) is 0.227. The average molecular weight is 411 g/mol. The lowest BCUT2D eigenvalue weighted by molar-refractivity contribution is -0.122. The van der Waals surface area contributed by atoms with Crippen molar-refractivity contribution in [1.29, 1.82) is 0 Å². The molecule has 0 bridgehead atoms. The van der Waals surface area contributed by atoms with Gasteiger partial charge in [0.2, 0.25) is 11.8 Å². The first kappa shape index (κ1) is 20.6. The van der Waals surface area contributed by atoms with E-state index in [2.05, 4.69) is 15.7 Å². The number of carbonyl (C=O) groups excluding carboxylic acids is 2. The zero-order valence-electron chi connectivity index (χ0n) is 16.4. The van der Waals surface area contributed by atoms with Gasteiger partial charge < -0.3 is 10.6 Å². The maximum absolute atomic E-state index is 12.5. The van der Waals surface area contributed by atoms with Crippen LogP contribution in [0.4, 0.5) is 0 Å². The van der Waals surface area contributed by atoms with Gasteiger partial charge in [-0.1, -0.05) is 41.4 Å². The minimum absolute atomic E-state index is 0.149. The first-order valence-electron chi connectivity index (χ1n) is 9.30. The molecule has 0 fully saturated rings. The van der Waals surface area contributed by atoms with E-state index in [0.717, 1.165) is 22.4 Å². The van der Waals surface area contributed by atoms with Crippen molar-refractivity contribution < 1.29 is 9.59 Å². The van der Waals surface area contributed by atoms with Gasteiger partial charge in [-0.15, -0.1) is 0 Å². The summed E-state index contributed by atoms with van der Waals surface area (Å²) in [4.78, 5) is 24.0. The first-order chi connectivity index (χ1) is 13.9. The van der Waals surface area contributed by atoms with E-state index in [9.17, 15) is 9.59 Å². The molecule has 6 nitrogen and oxygen atoms in total. The van der Waals surface area contributed by atoms with Crippen LogP contribution < -0.4 is 10.6 Å². The molecule has 0 radical (unpaired) electrons. The van der Waals surface area contributed by atoms with E-state index in [-0.39, 0.29) is 24.3 Å². The second-order valence-electron chi connectivity index (χ2n) is 6.91. The van der Waals surface area contributed by atoms with Crippen LogP contribution in [-0.4, -0.2) is 21.6 Å². The van der Waals surface area contributed by atoms with Gasteiger partial charge in [0.05, 0.1) is 24.3 Å². The number of nitrogens with zero attached hydrogens (tertiary/aromatic N) is 2. The Bertz CT molecular complexity index is 981. The summed E-state index contributed by atoms with van der Waals surface area (Å²) in [6.45, 7) is 3.80. The van der Waals surface area contributed by atoms with E-state index in [1.54, 1.807) is 23.0 Å². The van der Waals surface area contributed by atoms with E-state index < -0.39 is 0 Å².